The Morgan fingerprint density at radius 1 is 1.41 bits per heavy atom. The molecule has 2 aromatic rings. The van der Waals surface area contributed by atoms with Crippen LogP contribution in [0.15, 0.2) is 28.0 Å². The number of aromatic hydroxyl groups is 1. The van der Waals surface area contributed by atoms with Gasteiger partial charge in [0.15, 0.2) is 0 Å². The number of aromatic nitrogens is 1. The Labute approximate surface area is 161 Å². The molecule has 0 bridgehead atoms. The number of aliphatic imine (C=N–C) groups is 1. The van der Waals surface area contributed by atoms with Gasteiger partial charge in [-0.25, -0.2) is 0 Å². The summed E-state index contributed by atoms with van der Waals surface area (Å²) in [6.07, 6.45) is 4.80. The van der Waals surface area contributed by atoms with Gasteiger partial charge in [0.1, 0.15) is 6.54 Å². The molecule has 0 amide bonds. The summed E-state index contributed by atoms with van der Waals surface area (Å²) in [6, 6.07) is 5.97. The predicted molar refractivity (Wildman–Crippen MR) is 108 cm³/mol. The van der Waals surface area contributed by atoms with E-state index >= 15 is 0 Å². The van der Waals surface area contributed by atoms with Gasteiger partial charge < -0.3 is 9.84 Å². The molecule has 2 heterocycles. The van der Waals surface area contributed by atoms with E-state index in [0.717, 1.165) is 44.7 Å². The minimum Gasteiger partial charge on any atom is -0.493 e. The summed E-state index contributed by atoms with van der Waals surface area (Å²) < 4.78 is 6.23. The average Bonchev–Trinajstić information content (AvgIpc) is 3.18. The van der Waals surface area contributed by atoms with Crippen molar-refractivity contribution in [2.45, 2.75) is 46.3 Å². The van der Waals surface area contributed by atoms with Crippen LogP contribution in [0.2, 0.25) is 0 Å². The molecule has 142 valence electrons. The zero-order valence-electron chi connectivity index (χ0n) is 15.6. The molecule has 0 spiro atoms. The number of hydrogen-bond acceptors (Lipinski definition) is 6. The van der Waals surface area contributed by atoms with Crippen molar-refractivity contribution >= 4 is 40.9 Å². The molecule has 0 aliphatic carbocycles. The summed E-state index contributed by atoms with van der Waals surface area (Å²) >= 11 is 0.891. The summed E-state index contributed by atoms with van der Waals surface area (Å²) in [5.74, 6) is -0.772. The highest BCUT2D eigenvalue weighted by Gasteiger charge is 2.20. The molecule has 1 aromatic heterocycles. The van der Waals surface area contributed by atoms with Gasteiger partial charge >= 0.3 is 10.8 Å². The zero-order valence-corrected chi connectivity index (χ0v) is 16.4. The van der Waals surface area contributed by atoms with E-state index in [-0.39, 0.29) is 18.5 Å². The number of allylic oxidation sites excluding steroid dienone is 1. The van der Waals surface area contributed by atoms with Crippen LogP contribution in [0.1, 0.15) is 43.2 Å². The van der Waals surface area contributed by atoms with E-state index in [1.165, 1.54) is 0 Å². The summed E-state index contributed by atoms with van der Waals surface area (Å²) in [7, 11) is 0. The van der Waals surface area contributed by atoms with Gasteiger partial charge in [-0.05, 0) is 31.4 Å². The highest BCUT2D eigenvalue weighted by atomic mass is 32.1. The van der Waals surface area contributed by atoms with E-state index in [1.807, 2.05) is 25.1 Å². The number of para-hydroxylation sites is 1. The fraction of sp³-hybridized carbons (Fsp3) is 0.350. The maximum Gasteiger partial charge on any atom is 0.326 e. The summed E-state index contributed by atoms with van der Waals surface area (Å²) in [4.78, 5) is 28.6. The topological polar surface area (TPSA) is 80.9 Å². The number of thiazole rings is 1. The lowest BCUT2D eigenvalue weighted by molar-refractivity contribution is -0.149. The van der Waals surface area contributed by atoms with Gasteiger partial charge in [-0.2, -0.15) is 0 Å². The van der Waals surface area contributed by atoms with E-state index in [1.54, 1.807) is 19.2 Å². The Morgan fingerprint density at radius 3 is 2.89 bits per heavy atom. The number of esters is 1. The van der Waals surface area contributed by atoms with Crippen LogP contribution >= 0.6 is 11.3 Å². The first kappa shape index (κ1) is 19.1. The van der Waals surface area contributed by atoms with E-state index < -0.39 is 10.8 Å². The van der Waals surface area contributed by atoms with Crippen LogP contribution in [0.25, 0.3) is 11.6 Å². The monoisotopic (exact) mass is 386 g/mol. The molecular formula is C20H22N2O4S. The fourth-order valence-electron chi connectivity index (χ4n) is 2.84. The Kier molecular flexibility index (Phi) is 5.60. The molecule has 0 saturated carbocycles. The number of aryl methyl sites for hydroxylation is 1. The number of fused-ring (bicyclic) bond motifs is 1. The highest BCUT2D eigenvalue weighted by Crippen LogP contribution is 2.37. The van der Waals surface area contributed by atoms with Gasteiger partial charge in [0.05, 0.1) is 16.7 Å². The number of carbonyl (C=O) groups excluding carboxylic acids is 1. The van der Waals surface area contributed by atoms with Crippen molar-refractivity contribution < 1.29 is 14.6 Å². The van der Waals surface area contributed by atoms with Gasteiger partial charge in [0.2, 0.25) is 5.88 Å². The molecule has 7 heteroatoms. The molecule has 6 nitrogen and oxygen atoms in total. The molecule has 1 aromatic carbocycles. The molecule has 1 aliphatic heterocycles. The molecule has 3 rings (SSSR count). The van der Waals surface area contributed by atoms with Crippen LogP contribution in [0.3, 0.4) is 0 Å². The van der Waals surface area contributed by atoms with Gasteiger partial charge in [0.25, 0.3) is 0 Å². The largest absolute Gasteiger partial charge is 0.493 e. The molecule has 27 heavy (non-hydrogen) atoms. The molecule has 1 N–H and O–H groups in total. The van der Waals surface area contributed by atoms with Crippen LogP contribution in [0.4, 0.5) is 5.69 Å². The minimum atomic E-state index is -0.542. The lowest BCUT2D eigenvalue weighted by Gasteiger charge is -2.11. The fourth-order valence-corrected chi connectivity index (χ4v) is 3.68. The second kappa shape index (κ2) is 7.92. The van der Waals surface area contributed by atoms with Crippen LogP contribution in [0.5, 0.6) is 5.88 Å². The van der Waals surface area contributed by atoms with Crippen molar-refractivity contribution in [3.8, 4) is 5.88 Å². The molecule has 0 saturated heterocycles. The first-order valence-corrected chi connectivity index (χ1v) is 9.76. The Bertz CT molecular complexity index is 984. The maximum absolute atomic E-state index is 12.2. The van der Waals surface area contributed by atoms with E-state index in [4.69, 9.17) is 4.74 Å². The molecule has 1 aliphatic rings. The minimum absolute atomic E-state index is 0.227. The third kappa shape index (κ3) is 3.88. The van der Waals surface area contributed by atoms with Crippen LogP contribution < -0.4 is 4.87 Å². The van der Waals surface area contributed by atoms with E-state index in [0.29, 0.717) is 11.3 Å². The molecule has 0 fully saturated rings. The number of nitrogens with zero attached hydrogens (tertiary/aromatic N) is 2. The SMILES string of the molecule is CCc1cccc2c1N=CC2=Cc1sc(=O)n(CC(=O)O[C@@H](C)CC)c1O. The smallest absolute Gasteiger partial charge is 0.326 e. The average molecular weight is 386 g/mol. The van der Waals surface area contributed by atoms with Crippen molar-refractivity contribution in [1.29, 1.82) is 0 Å². The lowest BCUT2D eigenvalue weighted by Crippen LogP contribution is -2.23. The normalized spacial score (nSPS) is 15.1. The lowest BCUT2D eigenvalue weighted by atomic mass is 10.0. The summed E-state index contributed by atoms with van der Waals surface area (Å²) in [5.41, 5.74) is 3.87. The Morgan fingerprint density at radius 2 is 2.19 bits per heavy atom. The number of ether oxygens (including phenoxy) is 1. The van der Waals surface area contributed by atoms with Gasteiger partial charge in [-0.3, -0.25) is 19.1 Å². The quantitative estimate of drug-likeness (QED) is 0.766. The third-order valence-electron chi connectivity index (χ3n) is 4.52. The van der Waals surface area contributed by atoms with E-state index in [2.05, 4.69) is 11.9 Å². The van der Waals surface area contributed by atoms with Crippen molar-refractivity contribution in [3.05, 3.63) is 43.9 Å². The van der Waals surface area contributed by atoms with Crippen LogP contribution in [-0.2, 0) is 22.5 Å². The van der Waals surface area contributed by atoms with Crippen molar-refractivity contribution in [2.75, 3.05) is 0 Å². The van der Waals surface area contributed by atoms with Gasteiger partial charge in [-0.15, -0.1) is 0 Å². The first-order chi connectivity index (χ1) is 12.9. The first-order valence-electron chi connectivity index (χ1n) is 8.94. The molecule has 0 unspecified atom stereocenters. The summed E-state index contributed by atoms with van der Waals surface area (Å²) in [5, 5.41) is 10.4. The zero-order chi connectivity index (χ0) is 19.6. The van der Waals surface area contributed by atoms with Gasteiger partial charge in [0, 0.05) is 17.4 Å². The Balaban J connectivity index is 1.89. The van der Waals surface area contributed by atoms with Crippen LogP contribution in [0, 0.1) is 0 Å². The number of hydrogen-bond donors (Lipinski definition) is 1. The standard InChI is InChI=1S/C20H22N2O4S/c1-4-12(3)26-17(23)11-22-19(24)16(27-20(22)25)9-14-10-21-18-13(5-2)7-6-8-15(14)18/h6-10,12,24H,4-5,11H2,1-3H3/t12-/m0/s1. The van der Waals surface area contributed by atoms with E-state index in [9.17, 15) is 14.7 Å². The second-order valence-electron chi connectivity index (χ2n) is 6.38. The molecule has 0 radical (unpaired) electrons. The van der Waals surface area contributed by atoms with Crippen molar-refractivity contribution in [2.24, 2.45) is 4.99 Å². The molecule has 1 atom stereocenters. The second-order valence-corrected chi connectivity index (χ2v) is 7.37. The Hall–Kier alpha value is -2.67. The number of benzene rings is 1. The van der Waals surface area contributed by atoms with Gasteiger partial charge in [-0.1, -0.05) is 43.4 Å². The summed E-state index contributed by atoms with van der Waals surface area (Å²) in [6.45, 7) is 5.45. The number of rotatable bonds is 6. The van der Waals surface area contributed by atoms with Crippen molar-refractivity contribution in [3.63, 3.8) is 0 Å². The molecular weight excluding hydrogens is 364 g/mol. The van der Waals surface area contributed by atoms with Crippen LogP contribution in [-0.4, -0.2) is 28.0 Å². The van der Waals surface area contributed by atoms with Crippen molar-refractivity contribution in [1.82, 2.24) is 4.57 Å². The highest BCUT2D eigenvalue weighted by molar-refractivity contribution is 7.10. The maximum atomic E-state index is 12.2. The number of carbonyl (C=O) groups is 1. The third-order valence-corrected chi connectivity index (χ3v) is 5.43. The predicted octanol–water partition coefficient (Wildman–Crippen LogP) is 3.78.